The molecule has 0 aromatic carbocycles. The van der Waals surface area contributed by atoms with E-state index < -0.39 is 17.7 Å². The molecule has 0 spiro atoms. The molecule has 0 saturated carbocycles. The second kappa shape index (κ2) is 12.7. The fourth-order valence-electron chi connectivity index (χ4n) is 5.20. The highest BCUT2D eigenvalue weighted by atomic mass is 32.1. The molecule has 1 aliphatic carbocycles. The quantitative estimate of drug-likeness (QED) is 0.162. The van der Waals surface area contributed by atoms with Crippen LogP contribution in [0.2, 0.25) is 0 Å². The normalized spacial score (nSPS) is 12.8. The Hall–Kier alpha value is -3.99. The highest BCUT2D eigenvalue weighted by Crippen LogP contribution is 2.38. The number of esters is 2. The van der Waals surface area contributed by atoms with Crippen molar-refractivity contribution in [3.8, 4) is 17.1 Å². The van der Waals surface area contributed by atoms with Gasteiger partial charge in [-0.3, -0.25) is 4.79 Å². The molecule has 0 unspecified atom stereocenters. The van der Waals surface area contributed by atoms with Crippen molar-refractivity contribution in [2.45, 2.75) is 66.7 Å². The van der Waals surface area contributed by atoms with E-state index in [9.17, 15) is 24.9 Å². The molecule has 3 aromatic rings. The van der Waals surface area contributed by atoms with Crippen molar-refractivity contribution in [2.75, 3.05) is 13.2 Å². The first-order valence-corrected chi connectivity index (χ1v) is 15.1. The van der Waals surface area contributed by atoms with Crippen LogP contribution >= 0.6 is 22.7 Å². The van der Waals surface area contributed by atoms with Crippen LogP contribution in [0.5, 0.6) is 0 Å². The third-order valence-corrected chi connectivity index (χ3v) is 9.69. The van der Waals surface area contributed by atoms with Gasteiger partial charge in [-0.05, 0) is 89.1 Å². The van der Waals surface area contributed by atoms with Crippen LogP contribution in [0, 0.1) is 43.4 Å². The number of carbonyl (C=O) groups excluding carboxylic acids is 3. The lowest BCUT2D eigenvalue weighted by Gasteiger charge is -2.10. The number of aryl methyl sites for hydroxylation is 2. The number of nitrogens with zero attached hydrogens (tertiary/aromatic N) is 3. The Bertz CT molecular complexity index is 1660. The van der Waals surface area contributed by atoms with Crippen molar-refractivity contribution < 1.29 is 23.9 Å². The second-order valence-corrected chi connectivity index (χ2v) is 11.9. The van der Waals surface area contributed by atoms with Gasteiger partial charge in [0, 0.05) is 27.6 Å². The summed E-state index contributed by atoms with van der Waals surface area (Å²) in [5.74, 6) is -1.68. The first-order chi connectivity index (χ1) is 19.7. The molecule has 10 heteroatoms. The molecule has 0 saturated heterocycles. The van der Waals surface area contributed by atoms with Crippen LogP contribution in [0.25, 0.3) is 11.1 Å². The van der Waals surface area contributed by atoms with E-state index in [0.717, 1.165) is 59.0 Å². The highest BCUT2D eigenvalue weighted by Gasteiger charge is 2.28. The molecule has 41 heavy (non-hydrogen) atoms. The van der Waals surface area contributed by atoms with Crippen LogP contribution in [-0.2, 0) is 33.5 Å². The van der Waals surface area contributed by atoms with Gasteiger partial charge in [-0.25, -0.2) is 9.59 Å². The summed E-state index contributed by atoms with van der Waals surface area (Å²) in [5, 5.41) is 20.8. The zero-order chi connectivity index (χ0) is 29.8. The van der Waals surface area contributed by atoms with Crippen LogP contribution in [0.3, 0.4) is 0 Å². The van der Waals surface area contributed by atoms with Crippen molar-refractivity contribution in [1.29, 1.82) is 10.5 Å². The molecule has 1 aliphatic rings. The number of hydrogen-bond donors (Lipinski definition) is 0. The van der Waals surface area contributed by atoms with Gasteiger partial charge in [-0.15, -0.1) is 22.7 Å². The van der Waals surface area contributed by atoms with Crippen molar-refractivity contribution in [2.24, 2.45) is 0 Å². The van der Waals surface area contributed by atoms with Crippen molar-refractivity contribution in [3.05, 3.63) is 65.5 Å². The van der Waals surface area contributed by atoms with Crippen LogP contribution in [-0.4, -0.2) is 35.5 Å². The van der Waals surface area contributed by atoms with Crippen LogP contribution in [0.15, 0.2) is 11.6 Å². The Morgan fingerprint density at radius 2 is 1.71 bits per heavy atom. The molecular formula is C31H31N3O5S2. The lowest BCUT2D eigenvalue weighted by molar-refractivity contribution is -0.114. The number of ketones is 1. The Balaban J connectivity index is 1.71. The summed E-state index contributed by atoms with van der Waals surface area (Å²) >= 11 is 2.65. The monoisotopic (exact) mass is 589 g/mol. The van der Waals surface area contributed by atoms with E-state index >= 15 is 0 Å². The largest absolute Gasteiger partial charge is 0.462 e. The number of ether oxygens (including phenoxy) is 2. The molecule has 0 atom stereocenters. The van der Waals surface area contributed by atoms with Gasteiger partial charge >= 0.3 is 11.9 Å². The molecule has 4 rings (SSSR count). The van der Waals surface area contributed by atoms with Crippen molar-refractivity contribution in [3.63, 3.8) is 0 Å². The Labute approximate surface area is 247 Å². The Morgan fingerprint density at radius 3 is 2.37 bits per heavy atom. The topological polar surface area (TPSA) is 122 Å². The highest BCUT2D eigenvalue weighted by molar-refractivity contribution is 7.15. The summed E-state index contributed by atoms with van der Waals surface area (Å²) in [5.41, 5.74) is 4.74. The molecule has 3 heterocycles. The smallest absolute Gasteiger partial charge is 0.348 e. The number of fused-ring (bicyclic) bond motifs is 1. The summed E-state index contributed by atoms with van der Waals surface area (Å²) in [6.07, 6.45) is 5.38. The summed E-state index contributed by atoms with van der Waals surface area (Å²) in [7, 11) is 0. The van der Waals surface area contributed by atoms with Gasteiger partial charge in [0.05, 0.1) is 29.9 Å². The van der Waals surface area contributed by atoms with Gasteiger partial charge in [0.2, 0.25) is 0 Å². The van der Waals surface area contributed by atoms with E-state index in [1.54, 1.807) is 38.2 Å². The maximum atomic E-state index is 13.4. The van der Waals surface area contributed by atoms with Gasteiger partial charge < -0.3 is 14.0 Å². The molecule has 0 bridgehead atoms. The predicted octanol–water partition coefficient (Wildman–Crippen LogP) is 6.35. The van der Waals surface area contributed by atoms with Crippen molar-refractivity contribution in [1.82, 2.24) is 4.57 Å². The van der Waals surface area contributed by atoms with Crippen molar-refractivity contribution >= 4 is 46.5 Å². The third kappa shape index (κ3) is 5.76. The fraction of sp³-hybridized carbons (Fsp3) is 0.387. The number of hydrogen-bond acceptors (Lipinski definition) is 9. The molecule has 0 amide bonds. The average Bonchev–Trinajstić information content (AvgIpc) is 3.56. The van der Waals surface area contributed by atoms with Gasteiger partial charge in [0.1, 0.15) is 22.0 Å². The molecule has 8 nitrogen and oxygen atoms in total. The molecule has 0 fully saturated rings. The summed E-state index contributed by atoms with van der Waals surface area (Å²) in [6, 6.07) is 6.32. The van der Waals surface area contributed by atoms with E-state index in [-0.39, 0.29) is 35.6 Å². The SMILES string of the molecule is CCOC(=O)c1sc(CC(=O)/C(C#N)=C/c2cc(C)n(-c3sc4c(c3C#N)CCCC4)c2C)c(C(=O)OCC)c1C. The number of Topliss-reactive ketones (excluding diaryl/α,β-unsaturated/α-hetero) is 1. The van der Waals surface area contributed by atoms with E-state index in [1.807, 2.05) is 30.6 Å². The zero-order valence-electron chi connectivity index (χ0n) is 23.8. The van der Waals surface area contributed by atoms with Crippen LogP contribution in [0.4, 0.5) is 0 Å². The lowest BCUT2D eigenvalue weighted by atomic mass is 9.96. The number of allylic oxidation sites excluding steroid dienone is 1. The molecule has 0 radical (unpaired) electrons. The van der Waals surface area contributed by atoms with Gasteiger partial charge in [0.25, 0.3) is 0 Å². The first kappa shape index (κ1) is 30.0. The van der Waals surface area contributed by atoms with Crippen LogP contribution < -0.4 is 0 Å². The standard InChI is InChI=1S/C31H31N3O5S2/c1-6-38-30(36)27-18(4)28(31(37)39-7-2)40-26(27)14-24(35)21(15-32)13-20-12-17(3)34(19(20)5)29-23(16-33)22-10-8-9-11-25(22)41-29/h12-13H,6-11,14H2,1-5H3/b21-13+. The number of carbonyl (C=O) groups is 3. The van der Waals surface area contributed by atoms with E-state index in [4.69, 9.17) is 9.47 Å². The third-order valence-electron chi connectivity index (χ3n) is 7.14. The Kier molecular flexibility index (Phi) is 9.27. The number of thiophene rings is 2. The molecular weight excluding hydrogens is 558 g/mol. The molecule has 0 N–H and O–H groups in total. The minimum Gasteiger partial charge on any atom is -0.462 e. The number of rotatable bonds is 9. The van der Waals surface area contributed by atoms with Gasteiger partial charge in [0.15, 0.2) is 5.78 Å². The minimum atomic E-state index is -0.627. The van der Waals surface area contributed by atoms with Crippen LogP contribution in [0.1, 0.15) is 90.1 Å². The average molecular weight is 590 g/mol. The fourth-order valence-corrected chi connectivity index (χ4v) is 7.84. The van der Waals surface area contributed by atoms with E-state index in [1.165, 1.54) is 4.88 Å². The predicted molar refractivity (Wildman–Crippen MR) is 158 cm³/mol. The number of aromatic nitrogens is 1. The van der Waals surface area contributed by atoms with Gasteiger partial charge in [-0.2, -0.15) is 10.5 Å². The Morgan fingerprint density at radius 1 is 1.02 bits per heavy atom. The minimum absolute atomic E-state index is 0.0743. The number of nitriles is 2. The first-order valence-electron chi connectivity index (χ1n) is 13.5. The second-order valence-electron chi connectivity index (χ2n) is 9.73. The van der Waals surface area contributed by atoms with E-state index in [0.29, 0.717) is 21.6 Å². The maximum Gasteiger partial charge on any atom is 0.348 e. The van der Waals surface area contributed by atoms with E-state index in [2.05, 4.69) is 6.07 Å². The summed E-state index contributed by atoms with van der Waals surface area (Å²) < 4.78 is 12.3. The summed E-state index contributed by atoms with van der Waals surface area (Å²) in [6.45, 7) is 9.14. The molecule has 212 valence electrons. The lowest BCUT2D eigenvalue weighted by Crippen LogP contribution is -2.12. The molecule has 0 aliphatic heterocycles. The maximum absolute atomic E-state index is 13.4. The zero-order valence-corrected chi connectivity index (χ0v) is 25.4. The molecule has 3 aromatic heterocycles. The van der Waals surface area contributed by atoms with Gasteiger partial charge in [-0.1, -0.05) is 0 Å². The summed E-state index contributed by atoms with van der Waals surface area (Å²) in [4.78, 5) is 40.5.